The van der Waals surface area contributed by atoms with Gasteiger partial charge in [0.1, 0.15) is 22.9 Å². The van der Waals surface area contributed by atoms with Gasteiger partial charge in [0.2, 0.25) is 5.78 Å². The second-order valence-electron chi connectivity index (χ2n) is 10.4. The van der Waals surface area contributed by atoms with E-state index >= 15 is 0 Å². The Morgan fingerprint density at radius 3 is 2.56 bits per heavy atom. The van der Waals surface area contributed by atoms with Crippen molar-refractivity contribution in [1.29, 1.82) is 0 Å². The van der Waals surface area contributed by atoms with Crippen molar-refractivity contribution in [3.05, 3.63) is 74.2 Å². The summed E-state index contributed by atoms with van der Waals surface area (Å²) < 4.78 is 9.17. The summed E-state index contributed by atoms with van der Waals surface area (Å²) in [5.74, 6) is 0.692. The molecule has 0 amide bonds. The molecule has 0 unspecified atom stereocenters. The number of ether oxygens (including phenoxy) is 1. The van der Waals surface area contributed by atoms with Gasteiger partial charge in [-0.3, -0.25) is 19.0 Å². The molecule has 41 heavy (non-hydrogen) atoms. The van der Waals surface area contributed by atoms with Crippen LogP contribution in [0.5, 0.6) is 0 Å². The monoisotopic (exact) mass is 612 g/mol. The number of thiophene rings is 1. The fraction of sp³-hybridized carbons (Fsp3) is 0.357. The van der Waals surface area contributed by atoms with Crippen LogP contribution in [0, 0.1) is 5.41 Å². The Balaban J connectivity index is 1.61. The average molecular weight is 613 g/mol. The summed E-state index contributed by atoms with van der Waals surface area (Å²) in [5.41, 5.74) is 0.382. The number of hydrogen-bond acceptors (Lipinski definition) is 10. The van der Waals surface area contributed by atoms with E-state index in [-0.39, 0.29) is 29.5 Å². The molecule has 1 aliphatic rings. The maximum Gasteiger partial charge on any atom is 0.253 e. The first-order chi connectivity index (χ1) is 19.6. The number of thioether (sulfide) groups is 1. The van der Waals surface area contributed by atoms with Crippen molar-refractivity contribution in [2.75, 3.05) is 31.2 Å². The van der Waals surface area contributed by atoms with E-state index in [1.165, 1.54) is 57.0 Å². The molecule has 10 nitrogen and oxygen atoms in total. The molecule has 4 aromatic rings. The van der Waals surface area contributed by atoms with Gasteiger partial charge in [-0.05, 0) is 30.3 Å². The van der Waals surface area contributed by atoms with Gasteiger partial charge in [0.25, 0.3) is 11.5 Å². The zero-order valence-electron chi connectivity index (χ0n) is 22.9. The largest absolute Gasteiger partial charge is 0.378 e. The number of aromatic nitrogens is 5. The molecule has 0 saturated carbocycles. The quantitative estimate of drug-likeness (QED) is 0.202. The van der Waals surface area contributed by atoms with Gasteiger partial charge in [0, 0.05) is 47.0 Å². The molecule has 0 aliphatic carbocycles. The molecule has 0 spiro atoms. The summed E-state index contributed by atoms with van der Waals surface area (Å²) >= 11 is 9.11. The summed E-state index contributed by atoms with van der Waals surface area (Å²) in [6.45, 7) is 7.35. The van der Waals surface area contributed by atoms with Gasteiger partial charge in [0.15, 0.2) is 0 Å². The van der Waals surface area contributed by atoms with Crippen molar-refractivity contribution in [3.63, 3.8) is 0 Å². The Morgan fingerprint density at radius 1 is 1.12 bits per heavy atom. The van der Waals surface area contributed by atoms with Crippen LogP contribution in [0.4, 0.5) is 5.82 Å². The van der Waals surface area contributed by atoms with Crippen LogP contribution in [-0.4, -0.2) is 62.3 Å². The van der Waals surface area contributed by atoms with Crippen LogP contribution in [0.1, 0.15) is 40.9 Å². The number of nitrogens with zero attached hydrogens (tertiary/aromatic N) is 6. The number of halogens is 1. The highest BCUT2D eigenvalue weighted by Crippen LogP contribution is 2.36. The van der Waals surface area contributed by atoms with Crippen LogP contribution in [0.3, 0.4) is 0 Å². The second-order valence-corrected chi connectivity index (χ2v) is 13.2. The maximum absolute atomic E-state index is 13.5. The maximum atomic E-state index is 13.5. The van der Waals surface area contributed by atoms with Gasteiger partial charge >= 0.3 is 0 Å². The third-order valence-corrected chi connectivity index (χ3v) is 8.87. The molecule has 0 bridgehead atoms. The van der Waals surface area contributed by atoms with Gasteiger partial charge in [-0.2, -0.15) is 9.78 Å². The first-order valence-electron chi connectivity index (χ1n) is 13.0. The summed E-state index contributed by atoms with van der Waals surface area (Å²) in [5, 5.41) is 5.45. The normalized spacial score (nSPS) is 13.9. The number of pyridine rings is 1. The zero-order valence-corrected chi connectivity index (χ0v) is 25.3. The minimum atomic E-state index is -0.680. The SMILES string of the molecule is CC(C)(C)C(=O)n1nc(-c2ccc(=O)n(CC(=O)c3ccncn3)c2N2CCOCC2)cc1SCc1ccc(Cl)s1. The van der Waals surface area contributed by atoms with Crippen molar-refractivity contribution in [3.8, 4) is 11.3 Å². The van der Waals surface area contributed by atoms with Crippen molar-refractivity contribution < 1.29 is 14.3 Å². The van der Waals surface area contributed by atoms with E-state index in [1.807, 2.05) is 43.9 Å². The predicted molar refractivity (Wildman–Crippen MR) is 160 cm³/mol. The lowest BCUT2D eigenvalue weighted by Crippen LogP contribution is -2.41. The highest BCUT2D eigenvalue weighted by molar-refractivity contribution is 7.98. The van der Waals surface area contributed by atoms with Crippen molar-refractivity contribution in [2.45, 2.75) is 38.1 Å². The second kappa shape index (κ2) is 12.3. The lowest BCUT2D eigenvalue weighted by Gasteiger charge is -2.32. The number of carbonyl (C=O) groups is 2. The number of Topliss-reactive ketones (excluding diaryl/α,β-unsaturated/α-hetero) is 1. The third kappa shape index (κ3) is 6.61. The molecule has 214 valence electrons. The fourth-order valence-corrected chi connectivity index (χ4v) is 6.48. The highest BCUT2D eigenvalue weighted by Gasteiger charge is 2.29. The summed E-state index contributed by atoms with van der Waals surface area (Å²) in [4.78, 5) is 50.9. The molecule has 1 aliphatic heterocycles. The highest BCUT2D eigenvalue weighted by atomic mass is 35.5. The van der Waals surface area contributed by atoms with Crippen molar-refractivity contribution >= 4 is 52.2 Å². The zero-order chi connectivity index (χ0) is 29.1. The summed E-state index contributed by atoms with van der Waals surface area (Å²) in [6.07, 6.45) is 2.79. The average Bonchev–Trinajstić information content (AvgIpc) is 3.58. The fourth-order valence-electron chi connectivity index (χ4n) is 4.35. The Labute approximate surface area is 250 Å². The molecule has 5 heterocycles. The molecule has 0 radical (unpaired) electrons. The molecule has 0 N–H and O–H groups in total. The minimum absolute atomic E-state index is 0.157. The predicted octanol–water partition coefficient (Wildman–Crippen LogP) is 4.91. The van der Waals surface area contributed by atoms with Gasteiger partial charge in [-0.1, -0.05) is 32.4 Å². The van der Waals surface area contributed by atoms with E-state index in [9.17, 15) is 14.4 Å². The number of hydrogen-bond donors (Lipinski definition) is 0. The van der Waals surface area contributed by atoms with E-state index in [1.54, 1.807) is 6.07 Å². The minimum Gasteiger partial charge on any atom is -0.378 e. The molecular formula is C28H29ClN6O4S2. The van der Waals surface area contributed by atoms with E-state index in [0.717, 1.165) is 4.88 Å². The number of morpholine rings is 1. The van der Waals surface area contributed by atoms with Crippen LogP contribution in [-0.2, 0) is 17.0 Å². The number of rotatable bonds is 8. The van der Waals surface area contributed by atoms with Crippen LogP contribution >= 0.6 is 34.7 Å². The third-order valence-electron chi connectivity index (χ3n) is 6.41. The Hall–Kier alpha value is -3.32. The molecule has 0 aromatic carbocycles. The van der Waals surface area contributed by atoms with E-state index in [0.29, 0.717) is 58.5 Å². The lowest BCUT2D eigenvalue weighted by atomic mass is 9.96. The number of anilines is 1. The van der Waals surface area contributed by atoms with E-state index in [2.05, 4.69) is 9.97 Å². The standard InChI is InChI=1S/C28H29ClN6O4S2/c1-28(2,3)27(38)35-25(40-16-18-4-6-23(29)41-18)14-21(32-35)19-5-7-24(37)34(26(19)33-10-12-39-13-11-33)15-22(36)20-8-9-30-17-31-20/h4-9,14,17H,10-13,15-16H2,1-3H3. The van der Waals surface area contributed by atoms with E-state index < -0.39 is 5.41 Å². The Bertz CT molecular complexity index is 1620. The van der Waals surface area contributed by atoms with Gasteiger partial charge < -0.3 is 9.64 Å². The molecular weight excluding hydrogens is 584 g/mol. The van der Waals surface area contributed by atoms with Crippen LogP contribution in [0.25, 0.3) is 11.3 Å². The number of carbonyl (C=O) groups excluding carboxylic acids is 2. The summed E-state index contributed by atoms with van der Waals surface area (Å²) in [7, 11) is 0. The molecule has 1 saturated heterocycles. The smallest absolute Gasteiger partial charge is 0.253 e. The van der Waals surface area contributed by atoms with Crippen LogP contribution in [0.2, 0.25) is 4.34 Å². The Kier molecular flexibility index (Phi) is 8.74. The molecule has 1 fully saturated rings. The Morgan fingerprint density at radius 2 is 1.90 bits per heavy atom. The van der Waals surface area contributed by atoms with Crippen LogP contribution in [0.15, 0.2) is 58.7 Å². The van der Waals surface area contributed by atoms with Gasteiger partial charge in [-0.15, -0.1) is 23.1 Å². The van der Waals surface area contributed by atoms with Gasteiger partial charge in [-0.25, -0.2) is 9.97 Å². The lowest BCUT2D eigenvalue weighted by molar-refractivity contribution is 0.0736. The van der Waals surface area contributed by atoms with Crippen molar-refractivity contribution in [2.24, 2.45) is 5.41 Å². The first kappa shape index (κ1) is 29.2. The molecule has 13 heteroatoms. The van der Waals surface area contributed by atoms with Crippen LogP contribution < -0.4 is 10.5 Å². The topological polar surface area (TPSA) is 112 Å². The van der Waals surface area contributed by atoms with Crippen molar-refractivity contribution in [1.82, 2.24) is 24.3 Å². The van der Waals surface area contributed by atoms with E-state index in [4.69, 9.17) is 21.4 Å². The molecule has 0 atom stereocenters. The first-order valence-corrected chi connectivity index (χ1v) is 15.2. The molecule has 4 aromatic heterocycles. The van der Waals surface area contributed by atoms with Gasteiger partial charge in [0.05, 0.1) is 29.8 Å². The number of ketones is 1. The summed E-state index contributed by atoms with van der Waals surface area (Å²) in [6, 6.07) is 10.3. The molecule has 5 rings (SSSR count).